The second-order valence-electron chi connectivity index (χ2n) is 5.48. The molecule has 2 N–H and O–H groups in total. The third-order valence-electron chi connectivity index (χ3n) is 3.79. The molecule has 29 heavy (non-hydrogen) atoms. The first kappa shape index (κ1) is 21.0. The number of nitriles is 1. The summed E-state index contributed by atoms with van der Waals surface area (Å²) < 4.78 is 15.4. The largest absolute Gasteiger partial charge is 0.497 e. The molecule has 0 heterocycles. The van der Waals surface area contributed by atoms with Crippen LogP contribution in [0.3, 0.4) is 0 Å². The predicted molar refractivity (Wildman–Crippen MR) is 105 cm³/mol. The molecule has 150 valence electrons. The molecule has 0 aromatic heterocycles. The Balaban J connectivity index is 2.27. The van der Waals surface area contributed by atoms with Crippen LogP contribution in [0, 0.1) is 21.4 Å². The molecule has 0 aliphatic carbocycles. The Morgan fingerprint density at radius 1 is 1.07 bits per heavy atom. The average Bonchev–Trinajstić information content (AvgIpc) is 2.73. The number of amides is 1. The first-order chi connectivity index (χ1) is 13.9. The number of ether oxygens (including phenoxy) is 3. The molecule has 0 bridgehead atoms. The summed E-state index contributed by atoms with van der Waals surface area (Å²) in [4.78, 5) is 22.9. The Hall–Kier alpha value is -4.26. The lowest BCUT2D eigenvalue weighted by molar-refractivity contribution is -0.384. The zero-order valence-electron chi connectivity index (χ0n) is 15.9. The number of carbonyl (C=O) groups excluding carboxylic acids is 1. The van der Waals surface area contributed by atoms with Gasteiger partial charge in [0.25, 0.3) is 11.6 Å². The third-order valence-corrected chi connectivity index (χ3v) is 3.79. The monoisotopic (exact) mass is 398 g/mol. The van der Waals surface area contributed by atoms with Gasteiger partial charge in [0.2, 0.25) is 0 Å². The Bertz CT molecular complexity index is 997. The number of non-ortho nitro benzene ring substituents is 1. The molecule has 0 saturated carbocycles. The minimum Gasteiger partial charge on any atom is -0.497 e. The summed E-state index contributed by atoms with van der Waals surface area (Å²) in [6.45, 7) is 0. The van der Waals surface area contributed by atoms with Gasteiger partial charge in [-0.25, -0.2) is 0 Å². The molecule has 0 aliphatic rings. The molecule has 10 heteroatoms. The summed E-state index contributed by atoms with van der Waals surface area (Å²) in [5, 5.41) is 25.6. The van der Waals surface area contributed by atoms with Crippen molar-refractivity contribution in [2.75, 3.05) is 32.0 Å². The number of hydrogen-bond donors (Lipinski definition) is 2. The van der Waals surface area contributed by atoms with E-state index in [2.05, 4.69) is 10.6 Å². The van der Waals surface area contributed by atoms with Crippen molar-refractivity contribution < 1.29 is 23.9 Å². The van der Waals surface area contributed by atoms with Crippen LogP contribution in [-0.4, -0.2) is 32.2 Å². The van der Waals surface area contributed by atoms with Crippen LogP contribution in [0.4, 0.5) is 17.1 Å². The number of benzene rings is 2. The predicted octanol–water partition coefficient (Wildman–Crippen LogP) is 3.08. The lowest BCUT2D eigenvalue weighted by Gasteiger charge is -2.12. The summed E-state index contributed by atoms with van der Waals surface area (Å²) in [5.74, 6) is 0.461. The van der Waals surface area contributed by atoms with E-state index in [0.717, 1.165) is 6.20 Å². The number of carbonyl (C=O) groups is 1. The third kappa shape index (κ3) is 5.14. The fourth-order valence-electron chi connectivity index (χ4n) is 2.32. The maximum atomic E-state index is 12.5. The topological polar surface area (TPSA) is 136 Å². The molecule has 1 amide bonds. The van der Waals surface area contributed by atoms with E-state index in [0.29, 0.717) is 22.9 Å². The van der Waals surface area contributed by atoms with Gasteiger partial charge < -0.3 is 24.8 Å². The van der Waals surface area contributed by atoms with Crippen molar-refractivity contribution in [2.45, 2.75) is 0 Å². The number of anilines is 2. The van der Waals surface area contributed by atoms with E-state index in [1.807, 2.05) is 0 Å². The second-order valence-corrected chi connectivity index (χ2v) is 5.48. The van der Waals surface area contributed by atoms with E-state index >= 15 is 0 Å². The van der Waals surface area contributed by atoms with Gasteiger partial charge in [-0.15, -0.1) is 0 Å². The molecule has 10 nitrogen and oxygen atoms in total. The molecular weight excluding hydrogens is 380 g/mol. The van der Waals surface area contributed by atoms with Crippen LogP contribution >= 0.6 is 0 Å². The minimum atomic E-state index is -0.712. The average molecular weight is 398 g/mol. The Morgan fingerprint density at radius 2 is 1.72 bits per heavy atom. The molecule has 0 spiro atoms. The maximum absolute atomic E-state index is 12.5. The SMILES string of the molecule is COc1ccc(OC)c(NC(=O)/C(C#N)=C\Nc2cc([N+](=O)[O-])ccc2OC)c1. The van der Waals surface area contributed by atoms with Crippen LogP contribution in [0.2, 0.25) is 0 Å². The summed E-state index contributed by atoms with van der Waals surface area (Å²) in [5.41, 5.74) is 0.0846. The van der Waals surface area contributed by atoms with E-state index in [1.54, 1.807) is 24.3 Å². The molecule has 0 unspecified atom stereocenters. The van der Waals surface area contributed by atoms with Crippen LogP contribution in [0.15, 0.2) is 48.2 Å². The van der Waals surface area contributed by atoms with E-state index < -0.39 is 10.8 Å². The highest BCUT2D eigenvalue weighted by atomic mass is 16.6. The molecule has 2 aromatic carbocycles. The molecule has 0 atom stereocenters. The quantitative estimate of drug-likeness (QED) is 0.300. The van der Waals surface area contributed by atoms with Gasteiger partial charge in [0.1, 0.15) is 28.9 Å². The molecule has 0 radical (unpaired) electrons. The second kappa shape index (κ2) is 9.61. The van der Waals surface area contributed by atoms with Crippen LogP contribution in [0.25, 0.3) is 0 Å². The lowest BCUT2D eigenvalue weighted by atomic mass is 10.2. The van der Waals surface area contributed by atoms with Gasteiger partial charge >= 0.3 is 0 Å². The van der Waals surface area contributed by atoms with Crippen molar-refractivity contribution >= 4 is 23.0 Å². The van der Waals surface area contributed by atoms with Crippen molar-refractivity contribution in [3.8, 4) is 23.3 Å². The molecular formula is C19H18N4O6. The summed E-state index contributed by atoms with van der Waals surface area (Å²) in [6, 6.07) is 10.5. The van der Waals surface area contributed by atoms with Gasteiger partial charge in [-0.3, -0.25) is 14.9 Å². The normalized spacial score (nSPS) is 10.5. The van der Waals surface area contributed by atoms with Gasteiger partial charge in [0, 0.05) is 24.4 Å². The first-order valence-corrected chi connectivity index (χ1v) is 8.16. The molecule has 0 fully saturated rings. The number of methoxy groups -OCH3 is 3. The van der Waals surface area contributed by atoms with Crippen LogP contribution in [-0.2, 0) is 4.79 Å². The first-order valence-electron chi connectivity index (χ1n) is 8.16. The number of rotatable bonds is 8. The fraction of sp³-hybridized carbons (Fsp3) is 0.158. The smallest absolute Gasteiger partial charge is 0.271 e. The van der Waals surface area contributed by atoms with Gasteiger partial charge in [-0.05, 0) is 18.2 Å². The molecule has 2 rings (SSSR count). The summed E-state index contributed by atoms with van der Waals surface area (Å²) in [7, 11) is 4.31. The van der Waals surface area contributed by atoms with Gasteiger partial charge in [-0.1, -0.05) is 0 Å². The molecule has 0 aliphatic heterocycles. The van der Waals surface area contributed by atoms with E-state index in [4.69, 9.17) is 14.2 Å². The Labute approximate surface area is 166 Å². The van der Waals surface area contributed by atoms with Gasteiger partial charge in [0.15, 0.2) is 0 Å². The van der Waals surface area contributed by atoms with Crippen molar-refractivity contribution in [1.82, 2.24) is 0 Å². The number of nitro benzene ring substituents is 1. The summed E-state index contributed by atoms with van der Waals surface area (Å²) >= 11 is 0. The van der Waals surface area contributed by atoms with E-state index in [1.165, 1.54) is 39.5 Å². The highest BCUT2D eigenvalue weighted by Gasteiger charge is 2.15. The highest BCUT2D eigenvalue weighted by Crippen LogP contribution is 2.30. The van der Waals surface area contributed by atoms with E-state index in [9.17, 15) is 20.2 Å². The number of hydrogen-bond acceptors (Lipinski definition) is 8. The number of nitrogens with one attached hydrogen (secondary N) is 2. The Kier molecular flexibility index (Phi) is 6.97. The van der Waals surface area contributed by atoms with Crippen molar-refractivity contribution in [1.29, 1.82) is 5.26 Å². The minimum absolute atomic E-state index is 0.175. The maximum Gasteiger partial charge on any atom is 0.271 e. The van der Waals surface area contributed by atoms with Crippen LogP contribution in [0.5, 0.6) is 17.2 Å². The molecule has 2 aromatic rings. The van der Waals surface area contributed by atoms with Crippen LogP contribution < -0.4 is 24.8 Å². The standard InChI is InChI=1S/C19H18N4O6/c1-27-14-5-7-18(29-3)16(9-14)22-19(24)12(10-20)11-21-15-8-13(23(25)26)4-6-17(15)28-2/h4-9,11,21H,1-3H3,(H,22,24)/b12-11-. The fourth-order valence-corrected chi connectivity index (χ4v) is 2.32. The van der Waals surface area contributed by atoms with E-state index in [-0.39, 0.29) is 16.9 Å². The van der Waals surface area contributed by atoms with Crippen molar-refractivity contribution in [2.24, 2.45) is 0 Å². The van der Waals surface area contributed by atoms with Gasteiger partial charge in [-0.2, -0.15) is 5.26 Å². The van der Waals surface area contributed by atoms with Crippen molar-refractivity contribution in [3.63, 3.8) is 0 Å². The summed E-state index contributed by atoms with van der Waals surface area (Å²) in [6.07, 6.45) is 1.13. The molecule has 0 saturated heterocycles. The van der Waals surface area contributed by atoms with Crippen LogP contribution in [0.1, 0.15) is 0 Å². The number of nitrogens with zero attached hydrogens (tertiary/aromatic N) is 2. The zero-order valence-corrected chi connectivity index (χ0v) is 15.9. The number of nitro groups is 1. The van der Waals surface area contributed by atoms with Crippen molar-refractivity contribution in [3.05, 3.63) is 58.3 Å². The lowest BCUT2D eigenvalue weighted by Crippen LogP contribution is -2.15. The Morgan fingerprint density at radius 3 is 2.31 bits per heavy atom. The van der Waals surface area contributed by atoms with Gasteiger partial charge in [0.05, 0.1) is 37.6 Å². The highest BCUT2D eigenvalue weighted by molar-refractivity contribution is 6.07. The zero-order chi connectivity index (χ0) is 21.4.